The van der Waals surface area contributed by atoms with E-state index in [9.17, 15) is 4.79 Å². The van der Waals surface area contributed by atoms with Gasteiger partial charge in [-0.15, -0.1) is 0 Å². The van der Waals surface area contributed by atoms with Crippen molar-refractivity contribution >= 4 is 21.9 Å². The molecule has 0 aromatic heterocycles. The van der Waals surface area contributed by atoms with Crippen LogP contribution < -0.4 is 4.74 Å². The van der Waals surface area contributed by atoms with Crippen LogP contribution in [0.15, 0.2) is 24.3 Å². The highest BCUT2D eigenvalue weighted by Gasteiger charge is 1.99. The Morgan fingerprint density at radius 1 is 1.17 bits per heavy atom. The normalized spacial score (nSPS) is 10.3. The number of rotatable bonds is 9. The first-order valence-electron chi connectivity index (χ1n) is 6.22. The molecule has 0 unspecified atom stereocenters. The third-order valence-electron chi connectivity index (χ3n) is 2.58. The first-order chi connectivity index (χ1) is 8.72. The van der Waals surface area contributed by atoms with E-state index in [-0.39, 0.29) is 6.42 Å². The first kappa shape index (κ1) is 15.0. The fourth-order valence-electron chi connectivity index (χ4n) is 1.58. The number of hydrogen-bond donors (Lipinski definition) is 1. The van der Waals surface area contributed by atoms with Gasteiger partial charge in [-0.05, 0) is 43.4 Å². The molecule has 3 nitrogen and oxygen atoms in total. The van der Waals surface area contributed by atoms with Gasteiger partial charge in [0.05, 0.1) is 6.61 Å². The van der Waals surface area contributed by atoms with E-state index >= 15 is 0 Å². The van der Waals surface area contributed by atoms with Gasteiger partial charge < -0.3 is 9.84 Å². The molecule has 0 atom stereocenters. The second kappa shape index (κ2) is 8.97. The van der Waals surface area contributed by atoms with E-state index in [1.165, 1.54) is 0 Å². The van der Waals surface area contributed by atoms with Crippen LogP contribution in [0.4, 0.5) is 0 Å². The van der Waals surface area contributed by atoms with Crippen molar-refractivity contribution in [3.8, 4) is 5.75 Å². The number of carboxylic acids is 1. The molecule has 0 aliphatic carbocycles. The maximum Gasteiger partial charge on any atom is 0.303 e. The Morgan fingerprint density at radius 3 is 2.50 bits per heavy atom. The molecule has 0 aliphatic rings. The van der Waals surface area contributed by atoms with E-state index in [1.54, 1.807) is 0 Å². The molecule has 0 radical (unpaired) electrons. The second-order valence-corrected chi connectivity index (χ2v) is 4.93. The minimum atomic E-state index is -0.734. The summed E-state index contributed by atoms with van der Waals surface area (Å²) < 4.78 is 5.59. The maximum atomic E-state index is 10.4. The Bertz CT molecular complexity index is 349. The first-order valence-corrected chi connectivity index (χ1v) is 7.34. The molecule has 0 bridgehead atoms. The molecular formula is C14H19BrO3. The number of ether oxygens (including phenoxy) is 1. The summed E-state index contributed by atoms with van der Waals surface area (Å²) in [6.45, 7) is 0.740. The predicted octanol–water partition coefficient (Wildman–Crippen LogP) is 3.65. The average molecular weight is 315 g/mol. The summed E-state index contributed by atoms with van der Waals surface area (Å²) >= 11 is 3.38. The molecule has 0 heterocycles. The Morgan fingerprint density at radius 2 is 1.89 bits per heavy atom. The van der Waals surface area contributed by atoms with E-state index in [0.717, 1.165) is 42.5 Å². The van der Waals surface area contributed by atoms with Crippen LogP contribution in [0.2, 0.25) is 0 Å². The highest BCUT2D eigenvalue weighted by Crippen LogP contribution is 2.14. The van der Waals surface area contributed by atoms with Crippen molar-refractivity contribution in [1.82, 2.24) is 0 Å². The van der Waals surface area contributed by atoms with E-state index in [0.29, 0.717) is 6.42 Å². The van der Waals surface area contributed by atoms with Crippen molar-refractivity contribution in [1.29, 1.82) is 0 Å². The third kappa shape index (κ3) is 6.64. The number of carboxylic acid groups (broad SMARTS) is 1. The molecule has 0 aliphatic heterocycles. The van der Waals surface area contributed by atoms with Gasteiger partial charge in [-0.3, -0.25) is 4.79 Å². The highest BCUT2D eigenvalue weighted by atomic mass is 79.9. The maximum absolute atomic E-state index is 10.4. The summed E-state index contributed by atoms with van der Waals surface area (Å²) in [6.07, 6.45) is 3.88. The molecule has 1 aromatic carbocycles. The summed E-state index contributed by atoms with van der Waals surface area (Å²) in [5, 5.41) is 9.57. The minimum absolute atomic E-state index is 0.227. The number of benzene rings is 1. The van der Waals surface area contributed by atoms with Gasteiger partial charge in [0.2, 0.25) is 0 Å². The van der Waals surface area contributed by atoms with Gasteiger partial charge in [0.1, 0.15) is 5.75 Å². The summed E-state index contributed by atoms with van der Waals surface area (Å²) in [5.41, 5.74) is 1.16. The van der Waals surface area contributed by atoms with Crippen LogP contribution in [0.3, 0.4) is 0 Å². The molecule has 1 aromatic rings. The molecule has 0 spiro atoms. The third-order valence-corrected chi connectivity index (χ3v) is 3.14. The SMILES string of the molecule is O=C(O)CCCc1ccc(OCCCCBr)cc1. The molecule has 4 heteroatoms. The van der Waals surface area contributed by atoms with Crippen molar-refractivity contribution in [3.63, 3.8) is 0 Å². The molecule has 0 saturated carbocycles. The van der Waals surface area contributed by atoms with Crippen LogP contribution in [0.25, 0.3) is 0 Å². The number of aryl methyl sites for hydroxylation is 1. The van der Waals surface area contributed by atoms with Gasteiger partial charge in [-0.2, -0.15) is 0 Å². The van der Waals surface area contributed by atoms with Gasteiger partial charge in [-0.25, -0.2) is 0 Å². The predicted molar refractivity (Wildman–Crippen MR) is 75.5 cm³/mol. The number of alkyl halides is 1. The second-order valence-electron chi connectivity index (χ2n) is 4.14. The Labute approximate surface area is 116 Å². The van der Waals surface area contributed by atoms with E-state index < -0.39 is 5.97 Å². The van der Waals surface area contributed by atoms with Crippen LogP contribution in [0.1, 0.15) is 31.2 Å². The monoisotopic (exact) mass is 314 g/mol. The number of unbranched alkanes of at least 4 members (excludes halogenated alkanes) is 1. The topological polar surface area (TPSA) is 46.5 Å². The Hall–Kier alpha value is -1.03. The highest BCUT2D eigenvalue weighted by molar-refractivity contribution is 9.09. The molecule has 100 valence electrons. The van der Waals surface area contributed by atoms with Gasteiger partial charge in [0.15, 0.2) is 0 Å². The molecule has 1 N–H and O–H groups in total. The molecule has 18 heavy (non-hydrogen) atoms. The lowest BCUT2D eigenvalue weighted by molar-refractivity contribution is -0.137. The number of hydrogen-bond acceptors (Lipinski definition) is 2. The Kier molecular flexibility index (Phi) is 7.49. The standard InChI is InChI=1S/C14H19BrO3/c15-10-1-2-11-18-13-8-6-12(7-9-13)4-3-5-14(16)17/h6-9H,1-5,10-11H2,(H,16,17). The largest absolute Gasteiger partial charge is 0.494 e. The number of aliphatic carboxylic acids is 1. The molecule has 0 amide bonds. The van der Waals surface area contributed by atoms with Crippen molar-refractivity contribution < 1.29 is 14.6 Å². The summed E-state index contributed by atoms with van der Waals surface area (Å²) in [7, 11) is 0. The van der Waals surface area contributed by atoms with Gasteiger partial charge in [0, 0.05) is 11.8 Å². The van der Waals surface area contributed by atoms with Crippen molar-refractivity contribution in [2.75, 3.05) is 11.9 Å². The lowest BCUT2D eigenvalue weighted by atomic mass is 10.1. The molecule has 1 rings (SSSR count). The molecule has 0 fully saturated rings. The zero-order valence-electron chi connectivity index (χ0n) is 10.4. The molecular weight excluding hydrogens is 296 g/mol. The van der Waals surface area contributed by atoms with E-state index in [4.69, 9.17) is 9.84 Å². The van der Waals surface area contributed by atoms with E-state index in [2.05, 4.69) is 15.9 Å². The lowest BCUT2D eigenvalue weighted by Gasteiger charge is -2.06. The average Bonchev–Trinajstić information content (AvgIpc) is 2.36. The zero-order chi connectivity index (χ0) is 13.2. The zero-order valence-corrected chi connectivity index (χ0v) is 12.0. The van der Waals surface area contributed by atoms with E-state index in [1.807, 2.05) is 24.3 Å². The van der Waals surface area contributed by atoms with Gasteiger partial charge in [0.25, 0.3) is 0 Å². The van der Waals surface area contributed by atoms with Gasteiger partial charge >= 0.3 is 5.97 Å². The number of halogens is 1. The molecule has 0 saturated heterocycles. The Balaban J connectivity index is 2.26. The number of carbonyl (C=O) groups is 1. The van der Waals surface area contributed by atoms with Crippen molar-refractivity contribution in [3.05, 3.63) is 29.8 Å². The quantitative estimate of drug-likeness (QED) is 0.559. The lowest BCUT2D eigenvalue weighted by Crippen LogP contribution is -1.98. The van der Waals surface area contributed by atoms with Crippen molar-refractivity contribution in [2.45, 2.75) is 32.1 Å². The summed E-state index contributed by atoms with van der Waals surface area (Å²) in [4.78, 5) is 10.4. The van der Waals surface area contributed by atoms with Crippen LogP contribution in [0.5, 0.6) is 5.75 Å². The van der Waals surface area contributed by atoms with Crippen LogP contribution in [-0.2, 0) is 11.2 Å². The fraction of sp³-hybridized carbons (Fsp3) is 0.500. The van der Waals surface area contributed by atoms with Crippen LogP contribution >= 0.6 is 15.9 Å². The summed E-state index contributed by atoms with van der Waals surface area (Å²) in [5.74, 6) is 0.147. The van der Waals surface area contributed by atoms with Crippen LogP contribution in [0, 0.1) is 0 Å². The fourth-order valence-corrected chi connectivity index (χ4v) is 1.98. The smallest absolute Gasteiger partial charge is 0.303 e. The van der Waals surface area contributed by atoms with Crippen LogP contribution in [-0.4, -0.2) is 23.0 Å². The summed E-state index contributed by atoms with van der Waals surface area (Å²) in [6, 6.07) is 7.90. The van der Waals surface area contributed by atoms with Crippen molar-refractivity contribution in [2.24, 2.45) is 0 Å². The van der Waals surface area contributed by atoms with Gasteiger partial charge in [-0.1, -0.05) is 28.1 Å². The minimum Gasteiger partial charge on any atom is -0.494 e.